The van der Waals surface area contributed by atoms with Crippen LogP contribution in [0.1, 0.15) is 19.4 Å². The molecule has 0 saturated heterocycles. The number of benzene rings is 1. The molecular weight excluding hydrogens is 196 g/mol. The summed E-state index contributed by atoms with van der Waals surface area (Å²) >= 11 is 6.16. The number of aryl methyl sites for hydroxylation is 1. The molecular formula is C11H17ClN2. The second kappa shape index (κ2) is 4.56. The average Bonchev–Trinajstić information content (AvgIpc) is 2.15. The summed E-state index contributed by atoms with van der Waals surface area (Å²) < 4.78 is 0. The molecule has 0 bridgehead atoms. The van der Waals surface area contributed by atoms with Crippen LogP contribution in [0.4, 0.5) is 11.4 Å². The molecule has 3 heteroatoms. The molecule has 0 aromatic heterocycles. The number of hydrogen-bond acceptors (Lipinski definition) is 2. The van der Waals surface area contributed by atoms with Crippen molar-refractivity contribution in [2.45, 2.75) is 20.8 Å². The molecule has 0 spiro atoms. The van der Waals surface area contributed by atoms with E-state index in [1.165, 1.54) is 0 Å². The van der Waals surface area contributed by atoms with Crippen LogP contribution in [0, 0.1) is 6.92 Å². The molecule has 1 rings (SSSR count). The van der Waals surface area contributed by atoms with Crippen LogP contribution in [0.2, 0.25) is 5.02 Å². The van der Waals surface area contributed by atoms with Gasteiger partial charge in [0.25, 0.3) is 0 Å². The van der Waals surface area contributed by atoms with Crippen molar-refractivity contribution >= 4 is 23.0 Å². The molecule has 78 valence electrons. The second-order valence-electron chi connectivity index (χ2n) is 3.33. The van der Waals surface area contributed by atoms with E-state index in [9.17, 15) is 0 Å². The summed E-state index contributed by atoms with van der Waals surface area (Å²) in [6.07, 6.45) is 0. The van der Waals surface area contributed by atoms with E-state index in [4.69, 9.17) is 17.3 Å². The van der Waals surface area contributed by atoms with Gasteiger partial charge in [-0.1, -0.05) is 11.6 Å². The van der Waals surface area contributed by atoms with E-state index in [1.54, 1.807) is 0 Å². The van der Waals surface area contributed by atoms with E-state index < -0.39 is 0 Å². The predicted octanol–water partition coefficient (Wildman–Crippen LogP) is 3.08. The first-order chi connectivity index (χ1) is 6.60. The summed E-state index contributed by atoms with van der Waals surface area (Å²) in [7, 11) is 0. The number of hydrogen-bond donors (Lipinski definition) is 1. The Morgan fingerprint density at radius 2 is 1.86 bits per heavy atom. The molecule has 0 atom stereocenters. The largest absolute Gasteiger partial charge is 0.398 e. The molecule has 0 saturated carbocycles. The van der Waals surface area contributed by atoms with Crippen LogP contribution in [0.5, 0.6) is 0 Å². The predicted molar refractivity (Wildman–Crippen MR) is 64.2 cm³/mol. The number of nitrogens with two attached hydrogens (primary N) is 1. The van der Waals surface area contributed by atoms with Crippen molar-refractivity contribution in [2.24, 2.45) is 0 Å². The molecule has 0 aliphatic carbocycles. The smallest absolute Gasteiger partial charge is 0.0643 e. The summed E-state index contributed by atoms with van der Waals surface area (Å²) in [5, 5.41) is 0.778. The zero-order chi connectivity index (χ0) is 10.7. The lowest BCUT2D eigenvalue weighted by atomic mass is 10.1. The fraction of sp³-hybridized carbons (Fsp3) is 0.455. The van der Waals surface area contributed by atoms with Crippen molar-refractivity contribution in [1.29, 1.82) is 0 Å². The van der Waals surface area contributed by atoms with Gasteiger partial charge in [-0.2, -0.15) is 0 Å². The molecule has 0 fully saturated rings. The maximum absolute atomic E-state index is 6.16. The van der Waals surface area contributed by atoms with Gasteiger partial charge >= 0.3 is 0 Å². The molecule has 1 aromatic carbocycles. The highest BCUT2D eigenvalue weighted by molar-refractivity contribution is 6.33. The van der Waals surface area contributed by atoms with Gasteiger partial charge in [0.1, 0.15) is 0 Å². The van der Waals surface area contributed by atoms with Crippen molar-refractivity contribution in [3.63, 3.8) is 0 Å². The molecule has 0 aliphatic heterocycles. The molecule has 1 aromatic rings. The van der Waals surface area contributed by atoms with Gasteiger partial charge in [-0.25, -0.2) is 0 Å². The minimum absolute atomic E-state index is 0.778. The minimum Gasteiger partial charge on any atom is -0.398 e. The fourth-order valence-corrected chi connectivity index (χ4v) is 1.82. The number of anilines is 2. The Kier molecular flexibility index (Phi) is 3.64. The monoisotopic (exact) mass is 212 g/mol. The minimum atomic E-state index is 0.778. The van der Waals surface area contributed by atoms with E-state index >= 15 is 0 Å². The van der Waals surface area contributed by atoms with Crippen LogP contribution >= 0.6 is 11.6 Å². The van der Waals surface area contributed by atoms with Crippen LogP contribution in [0.3, 0.4) is 0 Å². The van der Waals surface area contributed by atoms with Gasteiger partial charge in [-0.15, -0.1) is 0 Å². The van der Waals surface area contributed by atoms with Crippen LogP contribution < -0.4 is 10.6 Å². The van der Waals surface area contributed by atoms with Gasteiger partial charge in [0, 0.05) is 18.8 Å². The quantitative estimate of drug-likeness (QED) is 0.781. The van der Waals surface area contributed by atoms with Gasteiger partial charge in [0.05, 0.1) is 10.7 Å². The van der Waals surface area contributed by atoms with Gasteiger partial charge in [-0.3, -0.25) is 0 Å². The first-order valence-corrected chi connectivity index (χ1v) is 5.28. The Hall–Kier alpha value is -0.890. The Balaban J connectivity index is 3.14. The van der Waals surface area contributed by atoms with Crippen LogP contribution in [0.25, 0.3) is 0 Å². The van der Waals surface area contributed by atoms with Crippen molar-refractivity contribution in [3.8, 4) is 0 Å². The Morgan fingerprint density at radius 3 is 2.36 bits per heavy atom. The maximum atomic E-state index is 6.16. The topological polar surface area (TPSA) is 29.3 Å². The lowest BCUT2D eigenvalue weighted by molar-refractivity contribution is 0.866. The van der Waals surface area contributed by atoms with Crippen LogP contribution in [-0.4, -0.2) is 13.1 Å². The summed E-state index contributed by atoms with van der Waals surface area (Å²) in [5.41, 5.74) is 8.71. The zero-order valence-corrected chi connectivity index (χ0v) is 9.73. The van der Waals surface area contributed by atoms with Gasteiger partial charge in [0.15, 0.2) is 0 Å². The summed E-state index contributed by atoms with van der Waals surface area (Å²) in [6, 6.07) is 3.87. The second-order valence-corrected chi connectivity index (χ2v) is 3.74. The van der Waals surface area contributed by atoms with E-state index in [2.05, 4.69) is 18.7 Å². The van der Waals surface area contributed by atoms with Crippen molar-refractivity contribution in [2.75, 3.05) is 23.7 Å². The highest BCUT2D eigenvalue weighted by Crippen LogP contribution is 2.30. The summed E-state index contributed by atoms with van der Waals surface area (Å²) in [4.78, 5) is 2.19. The third-order valence-corrected chi connectivity index (χ3v) is 2.74. The molecule has 14 heavy (non-hydrogen) atoms. The normalized spacial score (nSPS) is 10.3. The highest BCUT2D eigenvalue weighted by Gasteiger charge is 2.08. The number of nitrogen functional groups attached to an aromatic ring is 1. The lowest BCUT2D eigenvalue weighted by Crippen LogP contribution is -2.22. The third kappa shape index (κ3) is 2.13. The molecule has 0 unspecified atom stereocenters. The zero-order valence-electron chi connectivity index (χ0n) is 8.97. The highest BCUT2D eigenvalue weighted by atomic mass is 35.5. The fourth-order valence-electron chi connectivity index (χ4n) is 1.48. The third-order valence-electron chi connectivity index (χ3n) is 2.44. The summed E-state index contributed by atoms with van der Waals surface area (Å²) in [5.74, 6) is 0. The Morgan fingerprint density at radius 1 is 1.29 bits per heavy atom. The van der Waals surface area contributed by atoms with Gasteiger partial charge in [-0.05, 0) is 38.5 Å². The van der Waals surface area contributed by atoms with E-state index in [0.717, 1.165) is 35.1 Å². The van der Waals surface area contributed by atoms with E-state index in [1.807, 2.05) is 19.1 Å². The molecule has 2 nitrogen and oxygen atoms in total. The number of nitrogens with zero attached hydrogens (tertiary/aromatic N) is 1. The Bertz CT molecular complexity index is 319. The first-order valence-electron chi connectivity index (χ1n) is 4.90. The molecule has 0 heterocycles. The summed E-state index contributed by atoms with van der Waals surface area (Å²) in [6.45, 7) is 8.07. The molecule has 0 radical (unpaired) electrons. The standard InChI is InChI=1S/C11H17ClN2/c1-4-14(5-2)11-7-10(13)8(3)6-9(11)12/h6-7H,4-5,13H2,1-3H3. The molecule has 0 amide bonds. The first kappa shape index (κ1) is 11.2. The number of rotatable bonds is 3. The Labute approximate surface area is 90.7 Å². The molecule has 2 N–H and O–H groups in total. The van der Waals surface area contributed by atoms with Gasteiger partial charge in [0.2, 0.25) is 0 Å². The van der Waals surface area contributed by atoms with Crippen LogP contribution in [-0.2, 0) is 0 Å². The van der Waals surface area contributed by atoms with Gasteiger partial charge < -0.3 is 10.6 Å². The van der Waals surface area contributed by atoms with Crippen molar-refractivity contribution in [3.05, 3.63) is 22.7 Å². The van der Waals surface area contributed by atoms with Crippen molar-refractivity contribution in [1.82, 2.24) is 0 Å². The van der Waals surface area contributed by atoms with E-state index in [-0.39, 0.29) is 0 Å². The lowest BCUT2D eigenvalue weighted by Gasteiger charge is -2.23. The van der Waals surface area contributed by atoms with Crippen molar-refractivity contribution < 1.29 is 0 Å². The molecule has 0 aliphatic rings. The van der Waals surface area contributed by atoms with E-state index in [0.29, 0.717) is 0 Å². The average molecular weight is 213 g/mol. The van der Waals surface area contributed by atoms with Crippen LogP contribution in [0.15, 0.2) is 12.1 Å². The SMILES string of the molecule is CCN(CC)c1cc(N)c(C)cc1Cl. The number of halogens is 1. The maximum Gasteiger partial charge on any atom is 0.0643 e.